The van der Waals surface area contributed by atoms with Crippen molar-refractivity contribution in [2.75, 3.05) is 47.5 Å². The van der Waals surface area contributed by atoms with Gasteiger partial charge in [0.15, 0.2) is 6.10 Å². The zero-order chi connectivity index (χ0) is 45.7. The highest BCUT2D eigenvalue weighted by Gasteiger charge is 2.27. The Bertz CT molecular complexity index is 1240. The lowest BCUT2D eigenvalue weighted by Gasteiger charge is -2.24. The minimum Gasteiger partial charge on any atom is -0.462 e. The number of allylic oxidation sites excluding steroid dienone is 10. The zero-order valence-corrected chi connectivity index (χ0v) is 41.5. The van der Waals surface area contributed by atoms with Crippen LogP contribution >= 0.6 is 7.82 Å². The first kappa shape index (κ1) is 59.7. The standard InChI is InChI=1S/C52H94NO8P/c1-6-8-10-12-14-16-18-20-22-23-24-25-26-27-28-29-31-33-35-37-39-41-43-45-52(55)61-50(49-60-62(56,57)59-47-46-53(3,4)5)48-58-51(54)44-42-40-38-36-34-32-30-21-19-17-15-13-11-9-7-2/h9,11,13,15,17,19,21,30,37,39,50H,6-8,10,12,14,16,18,20,22-29,31-36,38,40-49H2,1-5H3/p+1/b11-9+,15-13+,19-17+,30-21+,39-37+/t50-/m1/s1. The van der Waals surface area contributed by atoms with E-state index in [0.717, 1.165) is 51.4 Å². The molecule has 1 N–H and O–H groups in total. The van der Waals surface area contributed by atoms with E-state index in [2.05, 4.69) is 44.2 Å². The maximum Gasteiger partial charge on any atom is 0.472 e. The molecule has 0 amide bonds. The second-order valence-corrected chi connectivity index (χ2v) is 19.4. The van der Waals surface area contributed by atoms with Crippen LogP contribution in [0.2, 0.25) is 0 Å². The van der Waals surface area contributed by atoms with Gasteiger partial charge in [-0.05, 0) is 51.4 Å². The third kappa shape index (κ3) is 47.2. The zero-order valence-electron chi connectivity index (χ0n) is 40.6. The van der Waals surface area contributed by atoms with Crippen molar-refractivity contribution in [1.82, 2.24) is 0 Å². The van der Waals surface area contributed by atoms with Crippen LogP contribution in [0.4, 0.5) is 0 Å². The molecule has 0 aromatic carbocycles. The molecule has 0 heterocycles. The number of carbonyl (C=O) groups excluding carboxylic acids is 2. The molecule has 0 saturated heterocycles. The van der Waals surface area contributed by atoms with Crippen molar-refractivity contribution in [2.45, 2.75) is 213 Å². The summed E-state index contributed by atoms with van der Waals surface area (Å²) in [5.74, 6) is -0.862. The van der Waals surface area contributed by atoms with E-state index >= 15 is 0 Å². The highest BCUT2D eigenvalue weighted by molar-refractivity contribution is 7.47. The molecular formula is C52H95NO8P+. The Kier molecular flexibility index (Phi) is 42.3. The number of carbonyl (C=O) groups is 2. The Morgan fingerprint density at radius 2 is 0.952 bits per heavy atom. The van der Waals surface area contributed by atoms with E-state index in [1.807, 2.05) is 51.5 Å². The van der Waals surface area contributed by atoms with Crippen molar-refractivity contribution in [3.63, 3.8) is 0 Å². The van der Waals surface area contributed by atoms with E-state index in [-0.39, 0.29) is 26.1 Å². The van der Waals surface area contributed by atoms with Gasteiger partial charge in [-0.15, -0.1) is 0 Å². The summed E-state index contributed by atoms with van der Waals surface area (Å²) >= 11 is 0. The first-order valence-electron chi connectivity index (χ1n) is 25.1. The molecule has 0 saturated carbocycles. The molecule has 0 fully saturated rings. The molecular weight excluding hydrogens is 798 g/mol. The number of rotatable bonds is 45. The number of nitrogens with zero attached hydrogens (tertiary/aromatic N) is 1. The van der Waals surface area contributed by atoms with Crippen LogP contribution in [0.15, 0.2) is 60.8 Å². The Hall–Kier alpha value is -2.29. The fourth-order valence-corrected chi connectivity index (χ4v) is 7.48. The first-order valence-corrected chi connectivity index (χ1v) is 26.6. The predicted molar refractivity (Wildman–Crippen MR) is 261 cm³/mol. The lowest BCUT2D eigenvalue weighted by Crippen LogP contribution is -2.37. The van der Waals surface area contributed by atoms with Gasteiger partial charge in [-0.2, -0.15) is 0 Å². The first-order chi connectivity index (χ1) is 30.0. The summed E-state index contributed by atoms with van der Waals surface area (Å²) in [6.07, 6.45) is 54.3. The van der Waals surface area contributed by atoms with Crippen molar-refractivity contribution in [2.24, 2.45) is 0 Å². The van der Waals surface area contributed by atoms with E-state index in [1.54, 1.807) is 0 Å². The molecule has 0 radical (unpaired) electrons. The van der Waals surface area contributed by atoms with E-state index in [9.17, 15) is 19.0 Å². The van der Waals surface area contributed by atoms with Crippen LogP contribution < -0.4 is 0 Å². The second kappa shape index (κ2) is 43.9. The molecule has 9 nitrogen and oxygen atoms in total. The quantitative estimate of drug-likeness (QED) is 0.0161. The molecule has 1 unspecified atom stereocenters. The molecule has 0 aromatic rings. The van der Waals surface area contributed by atoms with Gasteiger partial charge in [0, 0.05) is 12.8 Å². The summed E-state index contributed by atoms with van der Waals surface area (Å²) in [6, 6.07) is 0. The van der Waals surface area contributed by atoms with Crippen molar-refractivity contribution in [3.05, 3.63) is 60.8 Å². The van der Waals surface area contributed by atoms with Crippen molar-refractivity contribution in [3.8, 4) is 0 Å². The lowest BCUT2D eigenvalue weighted by molar-refractivity contribution is -0.870. The van der Waals surface area contributed by atoms with E-state index in [0.29, 0.717) is 23.9 Å². The molecule has 0 aliphatic carbocycles. The highest BCUT2D eigenvalue weighted by atomic mass is 31.2. The molecule has 10 heteroatoms. The molecule has 0 aromatic heterocycles. The van der Waals surface area contributed by atoms with E-state index in [4.69, 9.17) is 18.5 Å². The number of hydrogen-bond acceptors (Lipinski definition) is 7. The number of likely N-dealkylation sites (N-methyl/N-ethyl adjacent to an activating group) is 1. The van der Waals surface area contributed by atoms with Gasteiger partial charge in [-0.3, -0.25) is 18.6 Å². The summed E-state index contributed by atoms with van der Waals surface area (Å²) in [5.41, 5.74) is 0. The number of hydrogen-bond donors (Lipinski definition) is 1. The van der Waals surface area contributed by atoms with Crippen LogP contribution in [0.3, 0.4) is 0 Å². The summed E-state index contributed by atoms with van der Waals surface area (Å²) < 4.78 is 34.3. The van der Waals surface area contributed by atoms with Crippen molar-refractivity contribution in [1.29, 1.82) is 0 Å². The van der Waals surface area contributed by atoms with Crippen LogP contribution in [-0.4, -0.2) is 74.9 Å². The maximum atomic E-state index is 12.7. The average molecular weight is 893 g/mol. The number of ether oxygens (including phenoxy) is 2. The van der Waals surface area contributed by atoms with Gasteiger partial charge < -0.3 is 18.9 Å². The van der Waals surface area contributed by atoms with Crippen LogP contribution in [0, 0.1) is 0 Å². The van der Waals surface area contributed by atoms with Crippen molar-refractivity contribution >= 4 is 19.8 Å². The van der Waals surface area contributed by atoms with Crippen LogP contribution in [0.5, 0.6) is 0 Å². The van der Waals surface area contributed by atoms with Crippen LogP contribution in [0.1, 0.15) is 206 Å². The third-order valence-electron chi connectivity index (χ3n) is 10.6. The van der Waals surface area contributed by atoms with Gasteiger partial charge in [-0.1, -0.05) is 203 Å². The van der Waals surface area contributed by atoms with Gasteiger partial charge in [0.1, 0.15) is 19.8 Å². The summed E-state index contributed by atoms with van der Waals surface area (Å²) in [5, 5.41) is 0. The number of phosphoric acid groups is 1. The van der Waals surface area contributed by atoms with Gasteiger partial charge in [0.25, 0.3) is 0 Å². The van der Waals surface area contributed by atoms with Gasteiger partial charge in [-0.25, -0.2) is 4.57 Å². The van der Waals surface area contributed by atoms with E-state index < -0.39 is 32.5 Å². The highest BCUT2D eigenvalue weighted by Crippen LogP contribution is 2.43. The molecule has 0 spiro atoms. The Labute approximate surface area is 381 Å². The summed E-state index contributed by atoms with van der Waals surface area (Å²) in [7, 11) is 1.44. The predicted octanol–water partition coefficient (Wildman–Crippen LogP) is 14.8. The molecule has 2 atom stereocenters. The van der Waals surface area contributed by atoms with Crippen molar-refractivity contribution < 1.29 is 42.1 Å². The summed E-state index contributed by atoms with van der Waals surface area (Å²) in [4.78, 5) is 35.5. The molecule has 360 valence electrons. The Morgan fingerprint density at radius 3 is 1.47 bits per heavy atom. The fourth-order valence-electron chi connectivity index (χ4n) is 6.74. The van der Waals surface area contributed by atoms with Crippen LogP contribution in [0.25, 0.3) is 0 Å². The smallest absolute Gasteiger partial charge is 0.462 e. The SMILES string of the molecule is CC/C=C/C=C/C=C/C=C/CCCCCCCC(=O)OC[C@H](COP(=O)(O)OCC[N+](C)(C)C)OC(=O)CCC/C=C/CCCCCCCCCCCCCCCCCCCC. The number of quaternary nitrogens is 1. The second-order valence-electron chi connectivity index (χ2n) is 17.9. The Morgan fingerprint density at radius 1 is 0.516 bits per heavy atom. The number of esters is 2. The van der Waals surface area contributed by atoms with Gasteiger partial charge in [0.2, 0.25) is 0 Å². The molecule has 0 aliphatic rings. The van der Waals surface area contributed by atoms with Gasteiger partial charge in [0.05, 0.1) is 27.7 Å². The third-order valence-corrected chi connectivity index (χ3v) is 11.6. The molecule has 0 bridgehead atoms. The minimum absolute atomic E-state index is 0.0209. The maximum absolute atomic E-state index is 12.7. The monoisotopic (exact) mass is 893 g/mol. The molecule has 0 aliphatic heterocycles. The fraction of sp³-hybridized carbons (Fsp3) is 0.769. The minimum atomic E-state index is -4.39. The topological polar surface area (TPSA) is 108 Å². The average Bonchev–Trinajstić information content (AvgIpc) is 3.23. The lowest BCUT2D eigenvalue weighted by atomic mass is 10.0. The summed E-state index contributed by atoms with van der Waals surface area (Å²) in [6.45, 7) is 4.24. The molecule has 62 heavy (non-hydrogen) atoms. The van der Waals surface area contributed by atoms with Crippen LogP contribution in [-0.2, 0) is 32.7 Å². The Balaban J connectivity index is 4.29. The molecule has 0 rings (SSSR count). The van der Waals surface area contributed by atoms with Gasteiger partial charge >= 0.3 is 19.8 Å². The number of unbranched alkanes of at least 4 members (excludes halogenated alkanes) is 24. The van der Waals surface area contributed by atoms with E-state index in [1.165, 1.54) is 116 Å². The normalized spacial score (nSPS) is 14.0. The number of phosphoric ester groups is 1. The largest absolute Gasteiger partial charge is 0.472 e.